The highest BCUT2D eigenvalue weighted by molar-refractivity contribution is 7.16. The van der Waals surface area contributed by atoms with Crippen molar-refractivity contribution in [3.63, 3.8) is 0 Å². The Kier molecular flexibility index (Phi) is 5.30. The van der Waals surface area contributed by atoms with Crippen molar-refractivity contribution in [1.82, 2.24) is 5.32 Å². The molecule has 114 valence electrons. The van der Waals surface area contributed by atoms with Crippen LogP contribution >= 0.6 is 22.9 Å². The van der Waals surface area contributed by atoms with Crippen LogP contribution in [0.4, 0.5) is 13.2 Å². The summed E-state index contributed by atoms with van der Waals surface area (Å²) in [7, 11) is 0. The lowest BCUT2D eigenvalue weighted by Gasteiger charge is -2.18. The summed E-state index contributed by atoms with van der Waals surface area (Å²) >= 11 is 7.40. The van der Waals surface area contributed by atoms with Gasteiger partial charge in [0.25, 0.3) is 0 Å². The Morgan fingerprint density at radius 3 is 2.29 bits per heavy atom. The Labute approximate surface area is 130 Å². The van der Waals surface area contributed by atoms with Gasteiger partial charge in [-0.2, -0.15) is 13.2 Å². The zero-order chi connectivity index (χ0) is 15.5. The Balaban J connectivity index is 2.17. The summed E-state index contributed by atoms with van der Waals surface area (Å²) in [5, 5.41) is 3.30. The van der Waals surface area contributed by atoms with Gasteiger partial charge in [-0.05, 0) is 36.4 Å². The van der Waals surface area contributed by atoms with Crippen LogP contribution in [0.25, 0.3) is 0 Å². The number of hydrogen-bond donors (Lipinski definition) is 1. The minimum Gasteiger partial charge on any atom is -0.310 e. The third-order valence-electron chi connectivity index (χ3n) is 3.13. The zero-order valence-corrected chi connectivity index (χ0v) is 12.9. The zero-order valence-electron chi connectivity index (χ0n) is 11.4. The molecular weight excluding hydrogens is 319 g/mol. The van der Waals surface area contributed by atoms with Crippen molar-refractivity contribution >= 4 is 22.9 Å². The van der Waals surface area contributed by atoms with E-state index in [9.17, 15) is 13.2 Å². The topological polar surface area (TPSA) is 12.0 Å². The summed E-state index contributed by atoms with van der Waals surface area (Å²) in [6.45, 7) is 2.71. The molecule has 6 heteroatoms. The maximum atomic E-state index is 12.6. The van der Waals surface area contributed by atoms with Crippen molar-refractivity contribution in [3.05, 3.63) is 56.7 Å². The minimum atomic E-state index is -4.30. The van der Waals surface area contributed by atoms with E-state index in [0.29, 0.717) is 10.8 Å². The molecule has 2 aromatic rings. The first kappa shape index (κ1) is 16.3. The van der Waals surface area contributed by atoms with Crippen molar-refractivity contribution in [2.24, 2.45) is 0 Å². The van der Waals surface area contributed by atoms with E-state index in [1.165, 1.54) is 23.5 Å². The third kappa shape index (κ3) is 4.46. The maximum Gasteiger partial charge on any atom is 0.416 e. The lowest BCUT2D eigenvalue weighted by Crippen LogP contribution is -2.22. The summed E-state index contributed by atoms with van der Waals surface area (Å²) in [6.07, 6.45) is -3.59. The Bertz CT molecular complexity index is 577. The molecule has 0 radical (unpaired) electrons. The largest absolute Gasteiger partial charge is 0.416 e. The second-order valence-electron chi connectivity index (χ2n) is 4.64. The molecule has 0 aliphatic carbocycles. The normalized spacial score (nSPS) is 13.4. The Morgan fingerprint density at radius 2 is 1.81 bits per heavy atom. The molecule has 1 heterocycles. The highest BCUT2D eigenvalue weighted by atomic mass is 35.5. The SMILES string of the molecule is CCNC(Cc1ccc(Cl)s1)c1ccc(C(F)(F)F)cc1. The summed E-state index contributed by atoms with van der Waals surface area (Å²) in [4.78, 5) is 1.10. The fourth-order valence-corrected chi connectivity index (χ4v) is 3.25. The van der Waals surface area contributed by atoms with E-state index in [4.69, 9.17) is 11.6 Å². The van der Waals surface area contributed by atoms with Crippen LogP contribution in [0, 0.1) is 0 Å². The number of thiophene rings is 1. The van der Waals surface area contributed by atoms with E-state index in [1.54, 1.807) is 0 Å². The fourth-order valence-electron chi connectivity index (χ4n) is 2.12. The van der Waals surface area contributed by atoms with Crippen molar-refractivity contribution in [2.75, 3.05) is 6.54 Å². The molecule has 0 spiro atoms. The molecule has 1 atom stereocenters. The number of benzene rings is 1. The lowest BCUT2D eigenvalue weighted by molar-refractivity contribution is -0.137. The smallest absolute Gasteiger partial charge is 0.310 e. The van der Waals surface area contributed by atoms with Gasteiger partial charge in [0.2, 0.25) is 0 Å². The van der Waals surface area contributed by atoms with Gasteiger partial charge in [-0.15, -0.1) is 11.3 Å². The van der Waals surface area contributed by atoms with Crippen molar-refractivity contribution in [1.29, 1.82) is 0 Å². The van der Waals surface area contributed by atoms with Gasteiger partial charge in [0, 0.05) is 17.3 Å². The average Bonchev–Trinajstić information content (AvgIpc) is 2.83. The molecule has 21 heavy (non-hydrogen) atoms. The number of hydrogen-bond acceptors (Lipinski definition) is 2. The fraction of sp³-hybridized carbons (Fsp3) is 0.333. The van der Waals surface area contributed by atoms with Crippen LogP contribution in [0.2, 0.25) is 4.34 Å². The first-order valence-electron chi connectivity index (χ1n) is 6.55. The molecule has 0 saturated carbocycles. The average molecular weight is 334 g/mol. The predicted molar refractivity (Wildman–Crippen MR) is 80.9 cm³/mol. The number of likely N-dealkylation sites (N-methyl/N-ethyl adjacent to an activating group) is 1. The molecule has 0 aliphatic rings. The molecule has 1 aromatic carbocycles. The standard InChI is InChI=1S/C15H15ClF3NS/c1-2-20-13(9-12-7-8-14(16)21-12)10-3-5-11(6-4-10)15(17,18)19/h3-8,13,20H,2,9H2,1H3. The summed E-state index contributed by atoms with van der Waals surface area (Å²) < 4.78 is 38.5. The van der Waals surface area contributed by atoms with Crippen LogP contribution in [-0.4, -0.2) is 6.54 Å². The van der Waals surface area contributed by atoms with Gasteiger partial charge in [-0.3, -0.25) is 0 Å². The van der Waals surface area contributed by atoms with Crippen LogP contribution in [-0.2, 0) is 12.6 Å². The number of rotatable bonds is 5. The van der Waals surface area contributed by atoms with Crippen LogP contribution < -0.4 is 5.32 Å². The second-order valence-corrected chi connectivity index (χ2v) is 6.44. The van der Waals surface area contributed by atoms with Crippen molar-refractivity contribution in [3.8, 4) is 0 Å². The molecule has 1 N–H and O–H groups in total. The highest BCUT2D eigenvalue weighted by Crippen LogP contribution is 2.31. The molecule has 1 aromatic heterocycles. The molecule has 0 fully saturated rings. The van der Waals surface area contributed by atoms with E-state index in [0.717, 1.165) is 29.1 Å². The lowest BCUT2D eigenvalue weighted by atomic mass is 10.0. The molecule has 0 bridgehead atoms. The highest BCUT2D eigenvalue weighted by Gasteiger charge is 2.30. The molecule has 2 rings (SSSR count). The van der Waals surface area contributed by atoms with E-state index >= 15 is 0 Å². The van der Waals surface area contributed by atoms with Crippen LogP contribution in [0.3, 0.4) is 0 Å². The van der Waals surface area contributed by atoms with Gasteiger partial charge in [0.1, 0.15) is 0 Å². The van der Waals surface area contributed by atoms with Gasteiger partial charge >= 0.3 is 6.18 Å². The van der Waals surface area contributed by atoms with Crippen molar-refractivity contribution in [2.45, 2.75) is 25.6 Å². The Hall–Kier alpha value is -1.04. The minimum absolute atomic E-state index is 0.0213. The van der Waals surface area contributed by atoms with E-state index in [1.807, 2.05) is 19.1 Å². The molecule has 1 unspecified atom stereocenters. The van der Waals surface area contributed by atoms with Gasteiger partial charge in [-0.25, -0.2) is 0 Å². The van der Waals surface area contributed by atoms with Crippen molar-refractivity contribution < 1.29 is 13.2 Å². The first-order valence-corrected chi connectivity index (χ1v) is 7.74. The Morgan fingerprint density at radius 1 is 1.14 bits per heavy atom. The van der Waals surface area contributed by atoms with Gasteiger partial charge in [0.15, 0.2) is 0 Å². The molecular formula is C15H15ClF3NS. The number of nitrogens with one attached hydrogen (secondary N) is 1. The van der Waals surface area contributed by atoms with Crippen LogP contribution in [0.15, 0.2) is 36.4 Å². The monoisotopic (exact) mass is 333 g/mol. The first-order chi connectivity index (χ1) is 9.90. The molecule has 1 nitrogen and oxygen atoms in total. The summed E-state index contributed by atoms with van der Waals surface area (Å²) in [5.41, 5.74) is 0.218. The maximum absolute atomic E-state index is 12.6. The molecule has 0 saturated heterocycles. The van der Waals surface area contributed by atoms with Gasteiger partial charge < -0.3 is 5.32 Å². The summed E-state index contributed by atoms with van der Waals surface area (Å²) in [6, 6.07) is 9.07. The van der Waals surface area contributed by atoms with Crippen LogP contribution in [0.5, 0.6) is 0 Å². The second kappa shape index (κ2) is 6.81. The third-order valence-corrected chi connectivity index (χ3v) is 4.38. The van der Waals surface area contributed by atoms with Crippen LogP contribution in [0.1, 0.15) is 29.0 Å². The number of halogens is 4. The van der Waals surface area contributed by atoms with E-state index in [2.05, 4.69) is 5.32 Å². The number of alkyl halides is 3. The van der Waals surface area contributed by atoms with E-state index in [-0.39, 0.29) is 6.04 Å². The van der Waals surface area contributed by atoms with E-state index < -0.39 is 11.7 Å². The predicted octanol–water partition coefficient (Wildman–Crippen LogP) is 5.31. The molecule has 0 amide bonds. The molecule has 0 aliphatic heterocycles. The quantitative estimate of drug-likeness (QED) is 0.781. The summed E-state index contributed by atoms with van der Waals surface area (Å²) in [5.74, 6) is 0. The van der Waals surface area contributed by atoms with Gasteiger partial charge in [-0.1, -0.05) is 30.7 Å². The van der Waals surface area contributed by atoms with Gasteiger partial charge in [0.05, 0.1) is 9.90 Å².